The fourth-order valence-corrected chi connectivity index (χ4v) is 1.45. The van der Waals surface area contributed by atoms with E-state index in [1.54, 1.807) is 0 Å². The molecule has 0 aromatic heterocycles. The molecule has 5 heteroatoms. The van der Waals surface area contributed by atoms with Crippen LogP contribution in [0.5, 0.6) is 5.75 Å². The molecule has 0 unspecified atom stereocenters. The van der Waals surface area contributed by atoms with Gasteiger partial charge in [0.05, 0.1) is 0 Å². The summed E-state index contributed by atoms with van der Waals surface area (Å²) >= 11 is 0. The van der Waals surface area contributed by atoms with Crippen LogP contribution >= 0.6 is 0 Å². The van der Waals surface area contributed by atoms with Crippen LogP contribution in [0.1, 0.15) is 0 Å². The van der Waals surface area contributed by atoms with Crippen LogP contribution in [0.4, 0.5) is 17.6 Å². The van der Waals surface area contributed by atoms with E-state index < -0.39 is 34.6 Å². The molecule has 0 bridgehead atoms. The minimum absolute atomic E-state index is 0.235. The summed E-state index contributed by atoms with van der Waals surface area (Å²) in [5, 5.41) is 9.42. The summed E-state index contributed by atoms with van der Waals surface area (Å²) in [7, 11) is 0. The topological polar surface area (TPSA) is 20.2 Å². The van der Waals surface area contributed by atoms with Gasteiger partial charge < -0.3 is 5.11 Å². The van der Waals surface area contributed by atoms with Crippen molar-refractivity contribution in [1.82, 2.24) is 0 Å². The molecule has 0 spiro atoms. The van der Waals surface area contributed by atoms with Gasteiger partial charge in [-0.05, 0) is 24.3 Å². The lowest BCUT2D eigenvalue weighted by Gasteiger charge is -2.07. The van der Waals surface area contributed by atoms with E-state index in [1.807, 2.05) is 0 Å². The van der Waals surface area contributed by atoms with Crippen molar-refractivity contribution in [3.63, 3.8) is 0 Å². The standard InChI is InChI=1S/C12H6F4O/c13-6-1-2-12(17)8(3-6)7-4-10(15)11(16)5-9(7)14/h1-5,17H. The third-order valence-corrected chi connectivity index (χ3v) is 2.26. The average molecular weight is 242 g/mol. The normalized spacial score (nSPS) is 10.6. The van der Waals surface area contributed by atoms with E-state index in [0.717, 1.165) is 18.2 Å². The van der Waals surface area contributed by atoms with Crippen LogP contribution in [0.15, 0.2) is 30.3 Å². The molecule has 0 aliphatic heterocycles. The fourth-order valence-electron chi connectivity index (χ4n) is 1.45. The zero-order chi connectivity index (χ0) is 12.6. The molecular weight excluding hydrogens is 236 g/mol. The van der Waals surface area contributed by atoms with Crippen molar-refractivity contribution in [1.29, 1.82) is 0 Å². The molecule has 0 amide bonds. The lowest BCUT2D eigenvalue weighted by Crippen LogP contribution is -1.92. The maximum Gasteiger partial charge on any atom is 0.161 e. The van der Waals surface area contributed by atoms with Crippen LogP contribution < -0.4 is 0 Å². The molecule has 88 valence electrons. The first-order chi connectivity index (χ1) is 7.99. The zero-order valence-electron chi connectivity index (χ0n) is 8.35. The van der Waals surface area contributed by atoms with Crippen molar-refractivity contribution in [2.75, 3.05) is 0 Å². The summed E-state index contributed by atoms with van der Waals surface area (Å²) in [6.45, 7) is 0. The molecule has 0 aliphatic carbocycles. The van der Waals surface area contributed by atoms with Crippen LogP contribution in [0.2, 0.25) is 0 Å². The second kappa shape index (κ2) is 4.08. The Labute approximate surface area is 93.9 Å². The first-order valence-electron chi connectivity index (χ1n) is 4.62. The number of rotatable bonds is 1. The third kappa shape index (κ3) is 2.08. The Morgan fingerprint density at radius 1 is 0.706 bits per heavy atom. The largest absolute Gasteiger partial charge is 0.507 e. The zero-order valence-corrected chi connectivity index (χ0v) is 8.35. The van der Waals surface area contributed by atoms with Crippen molar-refractivity contribution >= 4 is 0 Å². The molecule has 0 saturated heterocycles. The molecule has 0 aliphatic rings. The van der Waals surface area contributed by atoms with Crippen molar-refractivity contribution in [2.45, 2.75) is 0 Å². The average Bonchev–Trinajstić information content (AvgIpc) is 2.27. The summed E-state index contributed by atoms with van der Waals surface area (Å²) < 4.78 is 52.0. The SMILES string of the molecule is Oc1ccc(F)cc1-c1cc(F)c(F)cc1F. The minimum Gasteiger partial charge on any atom is -0.507 e. The number of aromatic hydroxyl groups is 1. The molecular formula is C12H6F4O. The lowest BCUT2D eigenvalue weighted by atomic mass is 10.0. The van der Waals surface area contributed by atoms with Gasteiger partial charge in [0.15, 0.2) is 11.6 Å². The van der Waals surface area contributed by atoms with Gasteiger partial charge in [0.25, 0.3) is 0 Å². The highest BCUT2D eigenvalue weighted by Crippen LogP contribution is 2.32. The Hall–Kier alpha value is -2.04. The van der Waals surface area contributed by atoms with Gasteiger partial charge in [-0.1, -0.05) is 0 Å². The summed E-state index contributed by atoms with van der Waals surface area (Å²) in [6.07, 6.45) is 0. The number of hydrogen-bond donors (Lipinski definition) is 1. The van der Waals surface area contributed by atoms with Crippen LogP contribution in [-0.4, -0.2) is 5.11 Å². The van der Waals surface area contributed by atoms with Crippen molar-refractivity contribution in [3.05, 3.63) is 53.6 Å². The lowest BCUT2D eigenvalue weighted by molar-refractivity contribution is 0.473. The number of benzene rings is 2. The van der Waals surface area contributed by atoms with Crippen LogP contribution in [0.25, 0.3) is 11.1 Å². The molecule has 1 N–H and O–H groups in total. The highest BCUT2D eigenvalue weighted by molar-refractivity contribution is 5.70. The van der Waals surface area contributed by atoms with Crippen molar-refractivity contribution in [2.24, 2.45) is 0 Å². The van der Waals surface area contributed by atoms with Gasteiger partial charge in [0.2, 0.25) is 0 Å². The Morgan fingerprint density at radius 3 is 2.06 bits per heavy atom. The van der Waals surface area contributed by atoms with Gasteiger partial charge in [0, 0.05) is 17.2 Å². The molecule has 0 fully saturated rings. The number of halogens is 4. The van der Waals surface area contributed by atoms with E-state index in [-0.39, 0.29) is 5.56 Å². The van der Waals surface area contributed by atoms with E-state index in [4.69, 9.17) is 0 Å². The van der Waals surface area contributed by atoms with Crippen LogP contribution in [-0.2, 0) is 0 Å². The Balaban J connectivity index is 2.68. The maximum absolute atomic E-state index is 13.4. The van der Waals surface area contributed by atoms with E-state index in [1.165, 1.54) is 0 Å². The third-order valence-electron chi connectivity index (χ3n) is 2.26. The van der Waals surface area contributed by atoms with Gasteiger partial charge >= 0.3 is 0 Å². The van der Waals surface area contributed by atoms with E-state index in [2.05, 4.69) is 0 Å². The Morgan fingerprint density at radius 2 is 1.35 bits per heavy atom. The molecule has 0 saturated carbocycles. The fraction of sp³-hybridized carbons (Fsp3) is 0. The molecule has 2 rings (SSSR count). The maximum atomic E-state index is 13.4. The molecule has 1 nitrogen and oxygen atoms in total. The Kier molecular flexibility index (Phi) is 2.75. The van der Waals surface area contributed by atoms with Gasteiger partial charge in [-0.2, -0.15) is 0 Å². The second-order valence-electron chi connectivity index (χ2n) is 3.41. The molecule has 0 radical (unpaired) electrons. The highest BCUT2D eigenvalue weighted by Gasteiger charge is 2.14. The van der Waals surface area contributed by atoms with E-state index in [9.17, 15) is 22.7 Å². The number of hydrogen-bond acceptors (Lipinski definition) is 1. The monoisotopic (exact) mass is 242 g/mol. The number of phenolic OH excluding ortho intramolecular Hbond substituents is 1. The van der Waals surface area contributed by atoms with Gasteiger partial charge in [-0.3, -0.25) is 0 Å². The summed E-state index contributed by atoms with van der Waals surface area (Å²) in [5.74, 6) is -4.84. The Bertz CT molecular complexity index is 581. The summed E-state index contributed by atoms with van der Waals surface area (Å²) in [6, 6.07) is 3.72. The van der Waals surface area contributed by atoms with Crippen molar-refractivity contribution < 1.29 is 22.7 Å². The molecule has 2 aromatic rings. The quantitative estimate of drug-likeness (QED) is 0.598. The molecule has 0 atom stereocenters. The number of phenols is 1. The molecule has 2 aromatic carbocycles. The van der Waals surface area contributed by atoms with Gasteiger partial charge in [0.1, 0.15) is 17.4 Å². The van der Waals surface area contributed by atoms with E-state index >= 15 is 0 Å². The minimum atomic E-state index is -1.35. The molecule has 17 heavy (non-hydrogen) atoms. The molecule has 0 heterocycles. The van der Waals surface area contributed by atoms with Crippen molar-refractivity contribution in [3.8, 4) is 16.9 Å². The first-order valence-corrected chi connectivity index (χ1v) is 4.62. The highest BCUT2D eigenvalue weighted by atomic mass is 19.2. The van der Waals surface area contributed by atoms with E-state index in [0.29, 0.717) is 12.1 Å². The van der Waals surface area contributed by atoms with Crippen LogP contribution in [0.3, 0.4) is 0 Å². The van der Waals surface area contributed by atoms with Crippen LogP contribution in [0, 0.1) is 23.3 Å². The first kappa shape index (κ1) is 11.4. The second-order valence-corrected chi connectivity index (χ2v) is 3.41. The summed E-state index contributed by atoms with van der Waals surface area (Å²) in [5.41, 5.74) is -0.637. The van der Waals surface area contributed by atoms with Gasteiger partial charge in [-0.25, -0.2) is 17.6 Å². The summed E-state index contributed by atoms with van der Waals surface area (Å²) in [4.78, 5) is 0. The predicted octanol–water partition coefficient (Wildman–Crippen LogP) is 3.62. The van der Waals surface area contributed by atoms with Gasteiger partial charge in [-0.15, -0.1) is 0 Å². The smallest absolute Gasteiger partial charge is 0.161 e. The predicted molar refractivity (Wildman–Crippen MR) is 53.4 cm³/mol.